The molecule has 0 aromatic heterocycles. The normalized spacial score (nSPS) is 11.1. The maximum Gasteiger partial charge on any atom is 0.266 e. The molecule has 0 saturated heterocycles. The first-order valence-electron chi connectivity index (χ1n) is 8.53. The van der Waals surface area contributed by atoms with Gasteiger partial charge in [-0.1, -0.05) is 43.1 Å². The average molecular weight is 419 g/mol. The Bertz CT molecular complexity index is 934. The Morgan fingerprint density at radius 3 is 2.57 bits per heavy atom. The van der Waals surface area contributed by atoms with Crippen LogP contribution in [0.4, 0.5) is 5.69 Å². The van der Waals surface area contributed by atoms with Crippen LogP contribution in [0.25, 0.3) is 6.08 Å². The first-order chi connectivity index (χ1) is 13.3. The molecule has 0 saturated carbocycles. The van der Waals surface area contributed by atoms with Gasteiger partial charge in [-0.15, -0.1) is 0 Å². The molecule has 2 aromatic carbocycles. The molecule has 0 radical (unpaired) electrons. The summed E-state index contributed by atoms with van der Waals surface area (Å²) in [6, 6.07) is 11.8. The van der Waals surface area contributed by atoms with Gasteiger partial charge in [0.05, 0.1) is 24.4 Å². The van der Waals surface area contributed by atoms with E-state index in [9.17, 15) is 10.1 Å². The fourth-order valence-electron chi connectivity index (χ4n) is 2.25. The Kier molecular flexibility index (Phi) is 7.74. The topological polar surface area (TPSA) is 71.3 Å². The van der Waals surface area contributed by atoms with Crippen LogP contribution in [-0.2, 0) is 4.79 Å². The van der Waals surface area contributed by atoms with Gasteiger partial charge in [0.2, 0.25) is 0 Å². The van der Waals surface area contributed by atoms with E-state index in [1.807, 2.05) is 19.9 Å². The van der Waals surface area contributed by atoms with Crippen LogP contribution in [0, 0.1) is 17.2 Å². The van der Waals surface area contributed by atoms with E-state index in [2.05, 4.69) is 5.32 Å². The number of halogens is 2. The van der Waals surface area contributed by atoms with Gasteiger partial charge in [-0.25, -0.2) is 0 Å². The molecular weight excluding hydrogens is 399 g/mol. The second-order valence-electron chi connectivity index (χ2n) is 6.36. The maximum atomic E-state index is 12.5. The lowest BCUT2D eigenvalue weighted by Gasteiger charge is -2.13. The highest BCUT2D eigenvalue weighted by Crippen LogP contribution is 2.30. The second-order valence-corrected chi connectivity index (χ2v) is 7.21. The van der Waals surface area contributed by atoms with Crippen molar-refractivity contribution in [2.45, 2.75) is 13.8 Å². The highest BCUT2D eigenvalue weighted by Gasteiger charge is 2.13. The molecule has 0 heterocycles. The van der Waals surface area contributed by atoms with Crippen molar-refractivity contribution in [3.63, 3.8) is 0 Å². The Hall–Kier alpha value is -2.68. The minimum absolute atomic E-state index is 0.0778. The SMILES string of the molecule is COc1ccc(/C=C(\C#N)C(=O)Nc2ccc(Cl)cc2Cl)cc1OCC(C)C. The molecule has 28 heavy (non-hydrogen) atoms. The van der Waals surface area contributed by atoms with E-state index in [0.29, 0.717) is 40.3 Å². The fraction of sp³-hybridized carbons (Fsp3) is 0.238. The summed E-state index contributed by atoms with van der Waals surface area (Å²) < 4.78 is 11.1. The predicted octanol–water partition coefficient (Wildman–Crippen LogP) is 5.58. The summed E-state index contributed by atoms with van der Waals surface area (Å²) in [5.74, 6) is 0.887. The number of nitrogens with one attached hydrogen (secondary N) is 1. The lowest BCUT2D eigenvalue weighted by Crippen LogP contribution is -2.13. The van der Waals surface area contributed by atoms with Crippen LogP contribution in [0.3, 0.4) is 0 Å². The molecule has 0 unspecified atom stereocenters. The number of ether oxygens (including phenoxy) is 2. The third-order valence-corrected chi connectivity index (χ3v) is 4.16. The first kappa shape index (κ1) is 21.6. The molecule has 1 N–H and O–H groups in total. The van der Waals surface area contributed by atoms with Crippen LogP contribution in [0.15, 0.2) is 42.0 Å². The molecule has 0 bridgehead atoms. The van der Waals surface area contributed by atoms with Crippen LogP contribution in [0.5, 0.6) is 11.5 Å². The van der Waals surface area contributed by atoms with E-state index in [-0.39, 0.29) is 10.6 Å². The summed E-state index contributed by atoms with van der Waals surface area (Å²) in [4.78, 5) is 12.5. The monoisotopic (exact) mass is 418 g/mol. The zero-order chi connectivity index (χ0) is 20.7. The van der Waals surface area contributed by atoms with Gasteiger partial charge >= 0.3 is 0 Å². The van der Waals surface area contributed by atoms with E-state index in [0.717, 1.165) is 0 Å². The zero-order valence-corrected chi connectivity index (χ0v) is 17.3. The van der Waals surface area contributed by atoms with Gasteiger partial charge in [-0.3, -0.25) is 4.79 Å². The van der Waals surface area contributed by atoms with Crippen molar-refractivity contribution in [2.75, 3.05) is 19.0 Å². The number of carbonyl (C=O) groups is 1. The summed E-state index contributed by atoms with van der Waals surface area (Å²) in [5.41, 5.74) is 0.923. The lowest BCUT2D eigenvalue weighted by atomic mass is 10.1. The van der Waals surface area contributed by atoms with E-state index in [1.165, 1.54) is 12.1 Å². The van der Waals surface area contributed by atoms with Gasteiger partial charge in [-0.05, 0) is 47.9 Å². The molecule has 2 aromatic rings. The number of hydrogen-bond donors (Lipinski definition) is 1. The smallest absolute Gasteiger partial charge is 0.266 e. The molecule has 0 aliphatic rings. The van der Waals surface area contributed by atoms with Crippen LogP contribution in [-0.4, -0.2) is 19.6 Å². The van der Waals surface area contributed by atoms with Gasteiger partial charge < -0.3 is 14.8 Å². The van der Waals surface area contributed by atoms with E-state index in [4.69, 9.17) is 32.7 Å². The molecule has 2 rings (SSSR count). The van der Waals surface area contributed by atoms with Crippen molar-refractivity contribution in [1.82, 2.24) is 0 Å². The van der Waals surface area contributed by atoms with Crippen LogP contribution >= 0.6 is 23.2 Å². The number of methoxy groups -OCH3 is 1. The molecular formula is C21H20Cl2N2O3. The summed E-state index contributed by atoms with van der Waals surface area (Å²) in [5, 5.41) is 12.8. The average Bonchev–Trinajstić information content (AvgIpc) is 2.66. The summed E-state index contributed by atoms with van der Waals surface area (Å²) in [6.07, 6.45) is 1.47. The second kappa shape index (κ2) is 10.0. The fourth-order valence-corrected chi connectivity index (χ4v) is 2.70. The number of hydrogen-bond acceptors (Lipinski definition) is 4. The molecule has 146 valence electrons. The van der Waals surface area contributed by atoms with Crippen LogP contribution in [0.2, 0.25) is 10.0 Å². The number of benzene rings is 2. The Balaban J connectivity index is 2.26. The zero-order valence-electron chi connectivity index (χ0n) is 15.8. The lowest BCUT2D eigenvalue weighted by molar-refractivity contribution is -0.112. The van der Waals surface area contributed by atoms with E-state index >= 15 is 0 Å². The van der Waals surface area contributed by atoms with E-state index in [1.54, 1.807) is 37.4 Å². The number of nitriles is 1. The first-order valence-corrected chi connectivity index (χ1v) is 9.28. The molecule has 0 aliphatic heterocycles. The molecule has 0 aliphatic carbocycles. The molecule has 0 fully saturated rings. The highest BCUT2D eigenvalue weighted by atomic mass is 35.5. The van der Waals surface area contributed by atoms with Crippen LogP contribution in [0.1, 0.15) is 19.4 Å². The standard InChI is InChI=1S/C21H20Cl2N2O3/c1-13(2)12-28-20-9-14(4-7-19(20)27-3)8-15(11-24)21(26)25-18-6-5-16(22)10-17(18)23/h4-10,13H,12H2,1-3H3,(H,25,26)/b15-8+. The largest absolute Gasteiger partial charge is 0.493 e. The van der Waals surface area contributed by atoms with Gasteiger partial charge in [0.15, 0.2) is 11.5 Å². The predicted molar refractivity (Wildman–Crippen MR) is 112 cm³/mol. The van der Waals surface area contributed by atoms with Crippen molar-refractivity contribution in [1.29, 1.82) is 5.26 Å². The van der Waals surface area contributed by atoms with Crippen LogP contribution < -0.4 is 14.8 Å². The highest BCUT2D eigenvalue weighted by molar-refractivity contribution is 6.36. The Labute approximate surface area is 174 Å². The Morgan fingerprint density at radius 2 is 1.96 bits per heavy atom. The molecule has 0 atom stereocenters. The van der Waals surface area contributed by atoms with Crippen molar-refractivity contribution >= 4 is 40.9 Å². The molecule has 0 spiro atoms. The van der Waals surface area contributed by atoms with Gasteiger partial charge in [0.1, 0.15) is 11.6 Å². The number of anilines is 1. The maximum absolute atomic E-state index is 12.5. The van der Waals surface area contributed by atoms with Crippen molar-refractivity contribution in [3.8, 4) is 17.6 Å². The molecule has 7 heteroatoms. The van der Waals surface area contributed by atoms with Gasteiger partial charge in [-0.2, -0.15) is 5.26 Å². The van der Waals surface area contributed by atoms with E-state index < -0.39 is 5.91 Å². The van der Waals surface area contributed by atoms with Crippen molar-refractivity contribution in [2.24, 2.45) is 5.92 Å². The number of amides is 1. The number of nitrogens with zero attached hydrogens (tertiary/aromatic N) is 1. The van der Waals surface area contributed by atoms with Gasteiger partial charge in [0, 0.05) is 5.02 Å². The minimum atomic E-state index is -0.577. The summed E-state index contributed by atoms with van der Waals surface area (Å²) >= 11 is 11.9. The number of carbonyl (C=O) groups excluding carboxylic acids is 1. The quantitative estimate of drug-likeness (QED) is 0.470. The molecule has 1 amide bonds. The summed E-state index contributed by atoms with van der Waals surface area (Å²) in [6.45, 7) is 4.59. The minimum Gasteiger partial charge on any atom is -0.493 e. The molecule has 5 nitrogen and oxygen atoms in total. The summed E-state index contributed by atoms with van der Waals surface area (Å²) in [7, 11) is 1.55. The Morgan fingerprint density at radius 1 is 1.21 bits per heavy atom. The number of rotatable bonds is 7. The third kappa shape index (κ3) is 5.91. The van der Waals surface area contributed by atoms with Crippen molar-refractivity contribution < 1.29 is 14.3 Å². The van der Waals surface area contributed by atoms with Crippen molar-refractivity contribution in [3.05, 3.63) is 57.6 Å². The van der Waals surface area contributed by atoms with Gasteiger partial charge in [0.25, 0.3) is 5.91 Å². The third-order valence-electron chi connectivity index (χ3n) is 3.62.